The molecule has 0 radical (unpaired) electrons. The topological polar surface area (TPSA) is 50.8 Å². The molecule has 1 amide bonds. The molecule has 138 valence electrons. The summed E-state index contributed by atoms with van der Waals surface area (Å²) in [5.41, 5.74) is 1.75. The normalized spacial score (nSPS) is 12.9. The summed E-state index contributed by atoms with van der Waals surface area (Å²) in [6.07, 6.45) is 0.381. The highest BCUT2D eigenvalue weighted by Crippen LogP contribution is 2.32. The monoisotopic (exact) mass is 394 g/mol. The molecule has 0 spiro atoms. The zero-order valence-electron chi connectivity index (χ0n) is 14.4. The van der Waals surface area contributed by atoms with Gasteiger partial charge in [0.25, 0.3) is 0 Å². The number of ether oxygens (including phenoxy) is 2. The van der Waals surface area contributed by atoms with Gasteiger partial charge in [0.2, 0.25) is 5.91 Å². The van der Waals surface area contributed by atoms with Crippen LogP contribution in [-0.2, 0) is 11.3 Å². The van der Waals surface area contributed by atoms with Crippen LogP contribution in [0.5, 0.6) is 11.5 Å². The fourth-order valence-electron chi connectivity index (χ4n) is 2.67. The fourth-order valence-corrected chi connectivity index (χ4v) is 2.99. The van der Waals surface area contributed by atoms with Crippen LogP contribution in [0.15, 0.2) is 36.4 Å². The molecule has 3 rings (SSSR count). The summed E-state index contributed by atoms with van der Waals surface area (Å²) in [4.78, 5) is 14.2. The van der Waals surface area contributed by atoms with Gasteiger partial charge in [-0.2, -0.15) is 0 Å². The number of amides is 1. The van der Waals surface area contributed by atoms with E-state index in [0.717, 1.165) is 5.56 Å². The molecule has 1 heterocycles. The Hall–Kier alpha value is -1.95. The molecular weight excluding hydrogens is 375 g/mol. The Kier molecular flexibility index (Phi) is 6.25. The molecule has 7 heteroatoms. The lowest BCUT2D eigenvalue weighted by molar-refractivity contribution is -0.116. The minimum absolute atomic E-state index is 0.0531. The van der Waals surface area contributed by atoms with Crippen molar-refractivity contribution in [1.29, 1.82) is 0 Å². The molecule has 0 saturated carbocycles. The summed E-state index contributed by atoms with van der Waals surface area (Å²) >= 11 is 12.0. The van der Waals surface area contributed by atoms with Crippen LogP contribution in [0, 0.1) is 0 Å². The summed E-state index contributed by atoms with van der Waals surface area (Å²) in [7, 11) is 1.96. The summed E-state index contributed by atoms with van der Waals surface area (Å²) in [6, 6.07) is 11.0. The van der Waals surface area contributed by atoms with Crippen LogP contribution < -0.4 is 14.8 Å². The Balaban J connectivity index is 1.48. The second kappa shape index (κ2) is 8.62. The molecule has 2 aromatic carbocycles. The van der Waals surface area contributed by atoms with Gasteiger partial charge >= 0.3 is 0 Å². The van der Waals surface area contributed by atoms with Crippen LogP contribution in [0.4, 0.5) is 5.69 Å². The first-order chi connectivity index (χ1) is 12.5. The number of anilines is 1. The third-order valence-electron chi connectivity index (χ3n) is 3.98. The van der Waals surface area contributed by atoms with Crippen LogP contribution in [0.1, 0.15) is 12.0 Å². The summed E-state index contributed by atoms with van der Waals surface area (Å²) in [5.74, 6) is 1.31. The number of hydrogen-bond donors (Lipinski definition) is 1. The number of nitrogens with one attached hydrogen (secondary N) is 1. The Morgan fingerprint density at radius 3 is 2.62 bits per heavy atom. The van der Waals surface area contributed by atoms with E-state index in [1.54, 1.807) is 18.2 Å². The summed E-state index contributed by atoms with van der Waals surface area (Å²) in [6.45, 7) is 2.37. The number of hydrogen-bond acceptors (Lipinski definition) is 4. The van der Waals surface area contributed by atoms with Crippen molar-refractivity contribution in [1.82, 2.24) is 4.90 Å². The van der Waals surface area contributed by atoms with E-state index in [0.29, 0.717) is 60.0 Å². The van der Waals surface area contributed by atoms with Gasteiger partial charge in [-0.15, -0.1) is 0 Å². The molecule has 0 aromatic heterocycles. The molecule has 0 atom stereocenters. The maximum absolute atomic E-state index is 12.2. The van der Waals surface area contributed by atoms with Crippen LogP contribution in [0.3, 0.4) is 0 Å². The summed E-state index contributed by atoms with van der Waals surface area (Å²) in [5, 5.41) is 3.96. The van der Waals surface area contributed by atoms with E-state index in [-0.39, 0.29) is 5.91 Å². The van der Waals surface area contributed by atoms with Crippen LogP contribution in [0.2, 0.25) is 10.0 Å². The lowest BCUT2D eigenvalue weighted by Gasteiger charge is -2.19. The van der Waals surface area contributed by atoms with Gasteiger partial charge in [-0.25, -0.2) is 0 Å². The number of nitrogens with zero attached hydrogens (tertiary/aromatic N) is 1. The Morgan fingerprint density at radius 2 is 1.85 bits per heavy atom. The zero-order valence-corrected chi connectivity index (χ0v) is 15.9. The Morgan fingerprint density at radius 1 is 1.08 bits per heavy atom. The minimum atomic E-state index is -0.0531. The van der Waals surface area contributed by atoms with Gasteiger partial charge in [0.15, 0.2) is 11.5 Å². The highest BCUT2D eigenvalue weighted by atomic mass is 35.5. The maximum Gasteiger partial charge on any atom is 0.225 e. The molecule has 26 heavy (non-hydrogen) atoms. The highest BCUT2D eigenvalue weighted by molar-refractivity contribution is 6.42. The SMILES string of the molecule is CN(CCC(=O)Nc1ccc2c(c1)OCCO2)Cc1ccc(Cl)c(Cl)c1. The van der Waals surface area contributed by atoms with Crippen molar-refractivity contribution < 1.29 is 14.3 Å². The molecule has 1 aliphatic heterocycles. The largest absolute Gasteiger partial charge is 0.486 e. The number of halogens is 2. The first-order valence-electron chi connectivity index (χ1n) is 8.33. The van der Waals surface area contributed by atoms with Gasteiger partial charge in [-0.05, 0) is 36.9 Å². The predicted octanol–water partition coefficient (Wildman–Crippen LogP) is 4.23. The summed E-state index contributed by atoms with van der Waals surface area (Å²) < 4.78 is 11.0. The second-order valence-electron chi connectivity index (χ2n) is 6.14. The number of carbonyl (C=O) groups excluding carboxylic acids is 1. The van der Waals surface area contributed by atoms with Crippen molar-refractivity contribution in [2.75, 3.05) is 32.1 Å². The van der Waals surface area contributed by atoms with E-state index >= 15 is 0 Å². The van der Waals surface area contributed by atoms with Crippen molar-refractivity contribution in [3.8, 4) is 11.5 Å². The van der Waals surface area contributed by atoms with E-state index in [1.807, 2.05) is 25.2 Å². The Bertz CT molecular complexity index is 798. The van der Waals surface area contributed by atoms with Crippen LogP contribution >= 0.6 is 23.2 Å². The zero-order chi connectivity index (χ0) is 18.5. The molecule has 2 aromatic rings. The van der Waals surface area contributed by atoms with Crippen molar-refractivity contribution in [2.45, 2.75) is 13.0 Å². The van der Waals surface area contributed by atoms with Gasteiger partial charge in [0, 0.05) is 31.3 Å². The molecule has 1 N–H and O–H groups in total. The third kappa shape index (κ3) is 5.04. The average molecular weight is 395 g/mol. The van der Waals surface area contributed by atoms with E-state index in [2.05, 4.69) is 10.2 Å². The third-order valence-corrected chi connectivity index (χ3v) is 4.72. The fraction of sp³-hybridized carbons (Fsp3) is 0.316. The number of fused-ring (bicyclic) bond motifs is 1. The molecule has 0 bridgehead atoms. The van der Waals surface area contributed by atoms with Crippen LogP contribution in [-0.4, -0.2) is 37.6 Å². The number of benzene rings is 2. The van der Waals surface area contributed by atoms with Gasteiger partial charge in [-0.1, -0.05) is 29.3 Å². The van der Waals surface area contributed by atoms with Crippen molar-refractivity contribution in [3.05, 3.63) is 52.0 Å². The van der Waals surface area contributed by atoms with Crippen molar-refractivity contribution >= 4 is 34.8 Å². The maximum atomic E-state index is 12.2. The molecule has 0 unspecified atom stereocenters. The van der Waals surface area contributed by atoms with E-state index < -0.39 is 0 Å². The van der Waals surface area contributed by atoms with E-state index in [4.69, 9.17) is 32.7 Å². The smallest absolute Gasteiger partial charge is 0.225 e. The van der Waals surface area contributed by atoms with Crippen molar-refractivity contribution in [2.24, 2.45) is 0 Å². The lowest BCUT2D eigenvalue weighted by Crippen LogP contribution is -2.24. The molecule has 0 fully saturated rings. The first kappa shape index (κ1) is 18.8. The predicted molar refractivity (Wildman–Crippen MR) is 103 cm³/mol. The Labute approximate surface area is 162 Å². The first-order valence-corrected chi connectivity index (χ1v) is 9.09. The highest BCUT2D eigenvalue weighted by Gasteiger charge is 2.13. The molecular formula is C19H20Cl2N2O3. The molecule has 1 aliphatic rings. The lowest BCUT2D eigenvalue weighted by atomic mass is 10.2. The molecule has 5 nitrogen and oxygen atoms in total. The van der Waals surface area contributed by atoms with Crippen LogP contribution in [0.25, 0.3) is 0 Å². The number of carbonyl (C=O) groups is 1. The van der Waals surface area contributed by atoms with Gasteiger partial charge in [-0.3, -0.25) is 4.79 Å². The molecule has 0 saturated heterocycles. The van der Waals surface area contributed by atoms with Gasteiger partial charge in [0.05, 0.1) is 10.0 Å². The average Bonchev–Trinajstić information content (AvgIpc) is 2.63. The molecule has 0 aliphatic carbocycles. The quantitative estimate of drug-likeness (QED) is 0.796. The van der Waals surface area contributed by atoms with Crippen molar-refractivity contribution in [3.63, 3.8) is 0 Å². The number of rotatable bonds is 6. The second-order valence-corrected chi connectivity index (χ2v) is 6.96. The van der Waals surface area contributed by atoms with E-state index in [9.17, 15) is 4.79 Å². The van der Waals surface area contributed by atoms with Gasteiger partial charge in [0.1, 0.15) is 13.2 Å². The van der Waals surface area contributed by atoms with E-state index in [1.165, 1.54) is 0 Å². The minimum Gasteiger partial charge on any atom is -0.486 e. The van der Waals surface area contributed by atoms with Gasteiger partial charge < -0.3 is 19.7 Å². The standard InChI is InChI=1S/C19H20Cl2N2O3/c1-23(12-13-2-4-15(20)16(21)10-13)7-6-19(24)22-14-3-5-17-18(11-14)26-9-8-25-17/h2-5,10-11H,6-9,12H2,1H3,(H,22,24).